The van der Waals surface area contributed by atoms with Crippen molar-refractivity contribution < 1.29 is 9.21 Å². The van der Waals surface area contributed by atoms with Crippen molar-refractivity contribution in [2.45, 2.75) is 19.4 Å². The lowest BCUT2D eigenvalue weighted by Crippen LogP contribution is -2.33. The van der Waals surface area contributed by atoms with Crippen LogP contribution in [0.5, 0.6) is 0 Å². The molecule has 14 heavy (non-hydrogen) atoms. The third-order valence-electron chi connectivity index (χ3n) is 2.08. The smallest absolute Gasteiger partial charge is 0.233 e. The molecule has 0 bridgehead atoms. The Labute approximate surface area is 83.7 Å². The Balaban J connectivity index is 2.44. The topological polar surface area (TPSA) is 54.3 Å². The highest BCUT2D eigenvalue weighted by atomic mass is 16.3. The third kappa shape index (κ3) is 2.88. The molecular formula is C10H16N2O2. The van der Waals surface area contributed by atoms with Gasteiger partial charge in [-0.1, -0.05) is 6.92 Å². The van der Waals surface area contributed by atoms with Crippen LogP contribution in [0.15, 0.2) is 22.8 Å². The number of amides is 1. The molecule has 0 radical (unpaired) electrons. The summed E-state index contributed by atoms with van der Waals surface area (Å²) in [7, 11) is 1.62. The van der Waals surface area contributed by atoms with Gasteiger partial charge in [-0.3, -0.25) is 10.1 Å². The van der Waals surface area contributed by atoms with Crippen LogP contribution in [0.1, 0.15) is 25.1 Å². The summed E-state index contributed by atoms with van der Waals surface area (Å²) in [5, 5.41) is 5.67. The quantitative estimate of drug-likeness (QED) is 0.740. The lowest BCUT2D eigenvalue weighted by atomic mass is 10.2. The molecule has 0 aromatic carbocycles. The standard InChI is InChI=1S/C10H16N2O2/c1-3-8(9-5-4-6-14-9)12-7-10(13)11-2/h4-6,8,12H,3,7H2,1-2H3,(H,11,13). The first-order chi connectivity index (χ1) is 6.77. The monoisotopic (exact) mass is 196 g/mol. The summed E-state index contributed by atoms with van der Waals surface area (Å²) >= 11 is 0. The molecule has 2 N–H and O–H groups in total. The second-order valence-corrected chi connectivity index (χ2v) is 3.03. The maximum Gasteiger partial charge on any atom is 0.233 e. The highest BCUT2D eigenvalue weighted by Crippen LogP contribution is 2.15. The Morgan fingerprint density at radius 3 is 2.93 bits per heavy atom. The molecule has 1 unspecified atom stereocenters. The largest absolute Gasteiger partial charge is 0.468 e. The van der Waals surface area contributed by atoms with Crippen molar-refractivity contribution in [3.63, 3.8) is 0 Å². The van der Waals surface area contributed by atoms with Gasteiger partial charge in [-0.05, 0) is 18.6 Å². The SMILES string of the molecule is CCC(NCC(=O)NC)c1ccco1. The van der Waals surface area contributed by atoms with Crippen molar-refractivity contribution in [3.8, 4) is 0 Å². The van der Waals surface area contributed by atoms with Crippen LogP contribution in [0.4, 0.5) is 0 Å². The minimum absolute atomic E-state index is 0.0185. The average molecular weight is 196 g/mol. The number of hydrogen-bond acceptors (Lipinski definition) is 3. The van der Waals surface area contributed by atoms with E-state index in [0.717, 1.165) is 12.2 Å². The summed E-state index contributed by atoms with van der Waals surface area (Å²) in [6.07, 6.45) is 2.53. The lowest BCUT2D eigenvalue weighted by Gasteiger charge is -2.13. The second-order valence-electron chi connectivity index (χ2n) is 3.03. The van der Waals surface area contributed by atoms with Crippen molar-refractivity contribution in [2.75, 3.05) is 13.6 Å². The molecule has 0 spiro atoms. The van der Waals surface area contributed by atoms with Crippen LogP contribution in [0, 0.1) is 0 Å². The molecule has 4 nitrogen and oxygen atoms in total. The first-order valence-electron chi connectivity index (χ1n) is 4.75. The predicted molar refractivity (Wildman–Crippen MR) is 53.8 cm³/mol. The Bertz CT molecular complexity index is 270. The van der Waals surface area contributed by atoms with E-state index in [0.29, 0.717) is 6.54 Å². The summed E-state index contributed by atoms with van der Waals surface area (Å²) in [6.45, 7) is 2.36. The summed E-state index contributed by atoms with van der Waals surface area (Å²) in [6, 6.07) is 3.87. The van der Waals surface area contributed by atoms with E-state index in [-0.39, 0.29) is 11.9 Å². The van der Waals surface area contributed by atoms with Gasteiger partial charge < -0.3 is 9.73 Å². The molecular weight excluding hydrogens is 180 g/mol. The van der Waals surface area contributed by atoms with Crippen LogP contribution < -0.4 is 10.6 Å². The molecule has 1 aromatic heterocycles. The molecule has 0 fully saturated rings. The molecule has 0 aliphatic heterocycles. The Kier molecular flexibility index (Phi) is 4.19. The molecule has 0 aliphatic carbocycles. The number of hydrogen-bond donors (Lipinski definition) is 2. The predicted octanol–water partition coefficient (Wildman–Crippen LogP) is 1.07. The van der Waals surface area contributed by atoms with E-state index in [1.54, 1.807) is 13.3 Å². The maximum absolute atomic E-state index is 11.0. The van der Waals surface area contributed by atoms with Crippen molar-refractivity contribution >= 4 is 5.91 Å². The van der Waals surface area contributed by atoms with Crippen molar-refractivity contribution in [2.24, 2.45) is 0 Å². The highest BCUT2D eigenvalue weighted by molar-refractivity contribution is 5.77. The summed E-state index contributed by atoms with van der Waals surface area (Å²) in [4.78, 5) is 11.0. The molecule has 78 valence electrons. The van der Waals surface area contributed by atoms with Gasteiger partial charge in [-0.15, -0.1) is 0 Å². The second kappa shape index (κ2) is 5.44. The van der Waals surface area contributed by atoms with Gasteiger partial charge in [-0.25, -0.2) is 0 Å². The van der Waals surface area contributed by atoms with Gasteiger partial charge in [0.25, 0.3) is 0 Å². The number of furan rings is 1. The van der Waals surface area contributed by atoms with Crippen LogP contribution in [0.2, 0.25) is 0 Å². The minimum atomic E-state index is -0.0185. The normalized spacial score (nSPS) is 12.4. The number of rotatable bonds is 5. The number of nitrogens with one attached hydrogen (secondary N) is 2. The molecule has 0 saturated heterocycles. The molecule has 1 heterocycles. The van der Waals surface area contributed by atoms with E-state index in [4.69, 9.17) is 4.42 Å². The van der Waals surface area contributed by atoms with Crippen LogP contribution in [0.25, 0.3) is 0 Å². The van der Waals surface area contributed by atoms with Crippen molar-refractivity contribution in [1.82, 2.24) is 10.6 Å². The first kappa shape index (κ1) is 10.8. The number of likely N-dealkylation sites (N-methyl/N-ethyl adjacent to an activating group) is 1. The van der Waals surface area contributed by atoms with Crippen LogP contribution in [0.3, 0.4) is 0 Å². The van der Waals surface area contributed by atoms with Gasteiger partial charge in [0.1, 0.15) is 5.76 Å². The summed E-state index contributed by atoms with van der Waals surface area (Å²) < 4.78 is 5.26. The van der Waals surface area contributed by atoms with Gasteiger partial charge in [-0.2, -0.15) is 0 Å². The molecule has 4 heteroatoms. The summed E-state index contributed by atoms with van der Waals surface area (Å²) in [5.41, 5.74) is 0. The average Bonchev–Trinajstić information content (AvgIpc) is 2.72. The third-order valence-corrected chi connectivity index (χ3v) is 2.08. The fourth-order valence-electron chi connectivity index (χ4n) is 1.24. The van der Waals surface area contributed by atoms with Gasteiger partial charge in [0.2, 0.25) is 5.91 Å². The fraction of sp³-hybridized carbons (Fsp3) is 0.500. The molecule has 0 aliphatic rings. The van der Waals surface area contributed by atoms with E-state index in [1.165, 1.54) is 0 Å². The molecule has 1 aromatic rings. The van der Waals surface area contributed by atoms with Crippen molar-refractivity contribution in [3.05, 3.63) is 24.2 Å². The maximum atomic E-state index is 11.0. The first-order valence-corrected chi connectivity index (χ1v) is 4.75. The van der Waals surface area contributed by atoms with Crippen molar-refractivity contribution in [1.29, 1.82) is 0 Å². The van der Waals surface area contributed by atoms with Gasteiger partial charge in [0.15, 0.2) is 0 Å². The zero-order valence-electron chi connectivity index (χ0n) is 8.54. The molecule has 0 saturated carbocycles. The Hall–Kier alpha value is -1.29. The fourth-order valence-corrected chi connectivity index (χ4v) is 1.24. The van der Waals surface area contributed by atoms with E-state index in [1.807, 2.05) is 19.1 Å². The number of carbonyl (C=O) groups excluding carboxylic acids is 1. The Morgan fingerprint density at radius 1 is 1.64 bits per heavy atom. The van der Waals surface area contributed by atoms with Crippen LogP contribution >= 0.6 is 0 Å². The van der Waals surface area contributed by atoms with Gasteiger partial charge in [0, 0.05) is 7.05 Å². The molecule has 1 rings (SSSR count). The minimum Gasteiger partial charge on any atom is -0.468 e. The van der Waals surface area contributed by atoms with E-state index >= 15 is 0 Å². The van der Waals surface area contributed by atoms with E-state index in [2.05, 4.69) is 10.6 Å². The highest BCUT2D eigenvalue weighted by Gasteiger charge is 2.11. The van der Waals surface area contributed by atoms with E-state index < -0.39 is 0 Å². The summed E-state index contributed by atoms with van der Waals surface area (Å²) in [5.74, 6) is 0.853. The number of carbonyl (C=O) groups is 1. The molecule has 1 atom stereocenters. The Morgan fingerprint density at radius 2 is 2.43 bits per heavy atom. The zero-order valence-corrected chi connectivity index (χ0v) is 8.54. The van der Waals surface area contributed by atoms with Gasteiger partial charge in [0.05, 0.1) is 18.8 Å². The van der Waals surface area contributed by atoms with Crippen LogP contribution in [-0.2, 0) is 4.79 Å². The van der Waals surface area contributed by atoms with Gasteiger partial charge >= 0.3 is 0 Å². The molecule has 1 amide bonds. The van der Waals surface area contributed by atoms with E-state index in [9.17, 15) is 4.79 Å². The zero-order chi connectivity index (χ0) is 10.4. The lowest BCUT2D eigenvalue weighted by molar-refractivity contribution is -0.119. The van der Waals surface area contributed by atoms with Crippen LogP contribution in [-0.4, -0.2) is 19.5 Å².